The number of ether oxygens (including phenoxy) is 1. The molecule has 2 unspecified atom stereocenters. The molecule has 0 amide bonds. The predicted molar refractivity (Wildman–Crippen MR) is 74.5 cm³/mol. The van der Waals surface area contributed by atoms with Crippen LogP contribution in [0.5, 0.6) is 0 Å². The lowest BCUT2D eigenvalue weighted by molar-refractivity contribution is -0.168. The highest BCUT2D eigenvalue weighted by atomic mass is 16.6. The summed E-state index contributed by atoms with van der Waals surface area (Å²) in [6, 6.07) is 8.14. The molecule has 1 aliphatic rings. The fraction of sp³-hybridized carbons (Fsp3) is 0.500. The molecule has 0 aromatic heterocycles. The standard InChI is InChI=1S/C16H20O4/c1-10(14(17)18)15(19)20-16(2,3)13-9-8-11-6-4-5-7-12(11)13/h4-7,10,13H,8-9H2,1-3H3,(H,17,18). The Morgan fingerprint density at radius 3 is 2.65 bits per heavy atom. The molecule has 4 nitrogen and oxygen atoms in total. The topological polar surface area (TPSA) is 63.6 Å². The monoisotopic (exact) mass is 276 g/mol. The molecular weight excluding hydrogens is 256 g/mol. The van der Waals surface area contributed by atoms with E-state index in [2.05, 4.69) is 12.1 Å². The van der Waals surface area contributed by atoms with E-state index in [0.29, 0.717) is 0 Å². The van der Waals surface area contributed by atoms with Gasteiger partial charge in [0.05, 0.1) is 0 Å². The number of benzene rings is 1. The predicted octanol–water partition coefficient (Wildman–Crippen LogP) is 2.76. The number of fused-ring (bicyclic) bond motifs is 1. The van der Waals surface area contributed by atoms with Gasteiger partial charge in [-0.15, -0.1) is 0 Å². The van der Waals surface area contributed by atoms with Gasteiger partial charge in [-0.2, -0.15) is 0 Å². The van der Waals surface area contributed by atoms with Crippen molar-refractivity contribution < 1.29 is 19.4 Å². The Bertz CT molecular complexity index is 533. The van der Waals surface area contributed by atoms with Crippen molar-refractivity contribution in [2.75, 3.05) is 0 Å². The minimum Gasteiger partial charge on any atom is -0.481 e. The Hall–Kier alpha value is -1.84. The third-order valence-electron chi connectivity index (χ3n) is 4.06. The van der Waals surface area contributed by atoms with Crippen LogP contribution in [-0.4, -0.2) is 22.6 Å². The normalized spacial score (nSPS) is 19.2. The fourth-order valence-corrected chi connectivity index (χ4v) is 2.80. The molecule has 0 radical (unpaired) electrons. The largest absolute Gasteiger partial charge is 0.481 e. The Labute approximate surface area is 118 Å². The van der Waals surface area contributed by atoms with Crippen molar-refractivity contribution in [3.8, 4) is 0 Å². The second-order valence-electron chi connectivity index (χ2n) is 5.87. The van der Waals surface area contributed by atoms with E-state index in [9.17, 15) is 9.59 Å². The van der Waals surface area contributed by atoms with Crippen molar-refractivity contribution in [1.82, 2.24) is 0 Å². The molecule has 108 valence electrons. The van der Waals surface area contributed by atoms with Crippen molar-refractivity contribution in [3.05, 3.63) is 35.4 Å². The smallest absolute Gasteiger partial charge is 0.320 e. The maximum atomic E-state index is 11.9. The van der Waals surface area contributed by atoms with Gasteiger partial charge in [-0.3, -0.25) is 9.59 Å². The first kappa shape index (κ1) is 14.6. The van der Waals surface area contributed by atoms with Gasteiger partial charge in [0.2, 0.25) is 0 Å². The SMILES string of the molecule is CC(C(=O)O)C(=O)OC(C)(C)C1CCc2ccccc21. The van der Waals surface area contributed by atoms with Crippen LogP contribution in [0.1, 0.15) is 44.2 Å². The van der Waals surface area contributed by atoms with Gasteiger partial charge in [0.25, 0.3) is 0 Å². The Morgan fingerprint density at radius 2 is 2.00 bits per heavy atom. The van der Waals surface area contributed by atoms with Crippen LogP contribution in [-0.2, 0) is 20.7 Å². The van der Waals surface area contributed by atoms with Gasteiger partial charge in [0, 0.05) is 5.92 Å². The summed E-state index contributed by atoms with van der Waals surface area (Å²) in [5.74, 6) is -2.85. The zero-order chi connectivity index (χ0) is 14.9. The van der Waals surface area contributed by atoms with Crippen LogP contribution < -0.4 is 0 Å². The molecule has 0 heterocycles. The third-order valence-corrected chi connectivity index (χ3v) is 4.06. The van der Waals surface area contributed by atoms with E-state index < -0.39 is 23.5 Å². The van der Waals surface area contributed by atoms with Gasteiger partial charge in [0.15, 0.2) is 5.92 Å². The van der Waals surface area contributed by atoms with Crippen molar-refractivity contribution >= 4 is 11.9 Å². The van der Waals surface area contributed by atoms with Crippen molar-refractivity contribution in [3.63, 3.8) is 0 Å². The minimum absolute atomic E-state index is 0.114. The fourth-order valence-electron chi connectivity index (χ4n) is 2.80. The highest BCUT2D eigenvalue weighted by Crippen LogP contribution is 2.42. The summed E-state index contributed by atoms with van der Waals surface area (Å²) in [7, 11) is 0. The van der Waals surface area contributed by atoms with Gasteiger partial charge < -0.3 is 9.84 Å². The minimum atomic E-state index is -1.15. The molecule has 1 aliphatic carbocycles. The number of hydrogen-bond donors (Lipinski definition) is 1. The lowest BCUT2D eigenvalue weighted by Gasteiger charge is -2.32. The average Bonchev–Trinajstić information content (AvgIpc) is 2.81. The van der Waals surface area contributed by atoms with Crippen LogP contribution in [0.3, 0.4) is 0 Å². The summed E-state index contributed by atoms with van der Waals surface area (Å²) >= 11 is 0. The summed E-state index contributed by atoms with van der Waals surface area (Å²) in [4.78, 5) is 22.7. The third kappa shape index (κ3) is 2.69. The van der Waals surface area contributed by atoms with Gasteiger partial charge in [0.1, 0.15) is 5.60 Å². The lowest BCUT2D eigenvalue weighted by atomic mass is 9.85. The molecule has 4 heteroatoms. The highest BCUT2D eigenvalue weighted by Gasteiger charge is 2.39. The molecular formula is C16H20O4. The molecule has 1 aromatic carbocycles. The number of rotatable bonds is 4. The molecule has 1 aromatic rings. The summed E-state index contributed by atoms with van der Waals surface area (Å²) in [5.41, 5.74) is 1.79. The molecule has 0 saturated heterocycles. The molecule has 2 rings (SSSR count). The number of carbonyl (C=O) groups is 2. The van der Waals surface area contributed by atoms with E-state index in [1.165, 1.54) is 18.1 Å². The quantitative estimate of drug-likeness (QED) is 0.678. The molecule has 20 heavy (non-hydrogen) atoms. The van der Waals surface area contributed by atoms with Crippen LogP contribution in [0.4, 0.5) is 0 Å². The second kappa shape index (κ2) is 5.27. The Kier molecular flexibility index (Phi) is 3.84. The summed E-state index contributed by atoms with van der Waals surface area (Å²) in [6.07, 6.45) is 1.89. The summed E-state index contributed by atoms with van der Waals surface area (Å²) in [5, 5.41) is 8.87. The molecule has 0 bridgehead atoms. The van der Waals surface area contributed by atoms with Crippen LogP contribution in [0.15, 0.2) is 24.3 Å². The first-order chi connectivity index (χ1) is 9.33. The number of carbonyl (C=O) groups excluding carboxylic acids is 1. The first-order valence-corrected chi connectivity index (χ1v) is 6.86. The van der Waals surface area contributed by atoms with Crippen molar-refractivity contribution in [2.45, 2.75) is 45.1 Å². The van der Waals surface area contributed by atoms with Crippen LogP contribution in [0.2, 0.25) is 0 Å². The summed E-state index contributed by atoms with van der Waals surface area (Å²) < 4.78 is 5.48. The zero-order valence-corrected chi connectivity index (χ0v) is 12.1. The van der Waals surface area contributed by atoms with E-state index in [1.54, 1.807) is 0 Å². The maximum Gasteiger partial charge on any atom is 0.320 e. The number of esters is 1. The van der Waals surface area contributed by atoms with Crippen LogP contribution in [0.25, 0.3) is 0 Å². The molecule has 0 fully saturated rings. The van der Waals surface area contributed by atoms with E-state index >= 15 is 0 Å². The molecule has 0 aliphatic heterocycles. The van der Waals surface area contributed by atoms with Gasteiger partial charge in [-0.05, 0) is 44.7 Å². The van der Waals surface area contributed by atoms with Crippen LogP contribution in [0, 0.1) is 5.92 Å². The number of carboxylic acid groups (broad SMARTS) is 1. The Balaban J connectivity index is 2.16. The van der Waals surface area contributed by atoms with Crippen molar-refractivity contribution in [2.24, 2.45) is 5.92 Å². The van der Waals surface area contributed by atoms with Crippen LogP contribution >= 0.6 is 0 Å². The van der Waals surface area contributed by atoms with Gasteiger partial charge in [-0.25, -0.2) is 0 Å². The molecule has 0 saturated carbocycles. The number of carboxylic acids is 1. The second-order valence-corrected chi connectivity index (χ2v) is 5.87. The van der Waals surface area contributed by atoms with Gasteiger partial charge in [-0.1, -0.05) is 24.3 Å². The molecule has 2 atom stereocenters. The average molecular weight is 276 g/mol. The zero-order valence-electron chi connectivity index (χ0n) is 12.1. The Morgan fingerprint density at radius 1 is 1.35 bits per heavy atom. The van der Waals surface area contributed by atoms with E-state index in [4.69, 9.17) is 9.84 Å². The molecule has 0 spiro atoms. The maximum absolute atomic E-state index is 11.9. The van der Waals surface area contributed by atoms with E-state index in [1.807, 2.05) is 26.0 Å². The first-order valence-electron chi connectivity index (χ1n) is 6.86. The van der Waals surface area contributed by atoms with Gasteiger partial charge >= 0.3 is 11.9 Å². The number of hydrogen-bond acceptors (Lipinski definition) is 3. The highest BCUT2D eigenvalue weighted by molar-refractivity contribution is 5.93. The van der Waals surface area contributed by atoms with E-state index in [0.717, 1.165) is 12.8 Å². The lowest BCUT2D eigenvalue weighted by Crippen LogP contribution is -2.37. The molecule has 1 N–H and O–H groups in total. The number of aliphatic carboxylic acids is 1. The number of aryl methyl sites for hydroxylation is 1. The summed E-state index contributed by atoms with van der Waals surface area (Å²) in [6.45, 7) is 5.06. The van der Waals surface area contributed by atoms with E-state index in [-0.39, 0.29) is 5.92 Å². The van der Waals surface area contributed by atoms with Crippen molar-refractivity contribution in [1.29, 1.82) is 0 Å².